The zero-order valence-electron chi connectivity index (χ0n) is 19.8. The number of ether oxygens (including phenoxy) is 2. The summed E-state index contributed by atoms with van der Waals surface area (Å²) in [5.74, 6) is -3.01. The molecular weight excluding hydrogens is 496 g/mol. The monoisotopic (exact) mass is 521 g/mol. The predicted molar refractivity (Wildman–Crippen MR) is 128 cm³/mol. The molecule has 0 spiro atoms. The maximum atomic E-state index is 13.8. The number of esters is 1. The third-order valence-electron chi connectivity index (χ3n) is 5.18. The quantitative estimate of drug-likeness (QED) is 0.425. The highest BCUT2D eigenvalue weighted by molar-refractivity contribution is 7.90. The van der Waals surface area contributed by atoms with Crippen molar-refractivity contribution in [3.63, 3.8) is 0 Å². The summed E-state index contributed by atoms with van der Waals surface area (Å²) in [6.45, 7) is 2.96. The zero-order chi connectivity index (χ0) is 26.7. The molecule has 3 rings (SSSR count). The standard InChI is InChI=1S/C24H25F2N3O6S/c1-24(2,35-21(30)13-27)10-11-34-22-18(15-4-7-17(8-5-15)36(3,32)33)14-28-29(23(22)31)16-6-9-19(25)20(26)12-16/h4-9,12,14H,10-11,13,27H2,1-3H3. The first kappa shape index (κ1) is 27.0. The topological polar surface area (TPSA) is 131 Å². The molecule has 2 N–H and O–H groups in total. The zero-order valence-corrected chi connectivity index (χ0v) is 20.6. The Balaban J connectivity index is 2.03. The maximum Gasteiger partial charge on any atom is 0.320 e. The lowest BCUT2D eigenvalue weighted by atomic mass is 10.1. The Morgan fingerprint density at radius 1 is 1.11 bits per heavy atom. The number of nitrogens with zero attached hydrogens (tertiary/aromatic N) is 2. The first-order valence-corrected chi connectivity index (χ1v) is 12.6. The number of hydrogen-bond donors (Lipinski definition) is 1. The van der Waals surface area contributed by atoms with Gasteiger partial charge >= 0.3 is 11.5 Å². The van der Waals surface area contributed by atoms with Gasteiger partial charge in [0.1, 0.15) is 5.60 Å². The molecule has 0 fully saturated rings. The highest BCUT2D eigenvalue weighted by atomic mass is 32.2. The van der Waals surface area contributed by atoms with Gasteiger partial charge in [-0.05, 0) is 43.7 Å². The summed E-state index contributed by atoms with van der Waals surface area (Å²) < 4.78 is 62.7. The van der Waals surface area contributed by atoms with E-state index in [4.69, 9.17) is 15.2 Å². The van der Waals surface area contributed by atoms with Crippen molar-refractivity contribution in [2.45, 2.75) is 30.8 Å². The van der Waals surface area contributed by atoms with Crippen LogP contribution in [0.1, 0.15) is 20.3 Å². The van der Waals surface area contributed by atoms with E-state index in [0.29, 0.717) is 5.56 Å². The van der Waals surface area contributed by atoms with Gasteiger partial charge in [-0.15, -0.1) is 0 Å². The molecular formula is C24H25F2N3O6S. The highest BCUT2D eigenvalue weighted by Gasteiger charge is 2.24. The van der Waals surface area contributed by atoms with E-state index >= 15 is 0 Å². The van der Waals surface area contributed by atoms with Crippen LogP contribution < -0.4 is 16.0 Å². The van der Waals surface area contributed by atoms with E-state index in [1.54, 1.807) is 13.8 Å². The average molecular weight is 522 g/mol. The van der Waals surface area contributed by atoms with Crippen molar-refractivity contribution in [2.75, 3.05) is 19.4 Å². The lowest BCUT2D eigenvalue weighted by Crippen LogP contribution is -2.33. The van der Waals surface area contributed by atoms with Gasteiger partial charge in [0.2, 0.25) is 0 Å². The molecule has 36 heavy (non-hydrogen) atoms. The number of rotatable bonds is 9. The van der Waals surface area contributed by atoms with Crippen molar-refractivity contribution in [1.82, 2.24) is 9.78 Å². The van der Waals surface area contributed by atoms with Gasteiger partial charge in [-0.2, -0.15) is 9.78 Å². The van der Waals surface area contributed by atoms with Gasteiger partial charge in [-0.1, -0.05) is 12.1 Å². The molecule has 192 valence electrons. The van der Waals surface area contributed by atoms with E-state index in [1.165, 1.54) is 36.5 Å². The van der Waals surface area contributed by atoms with Crippen molar-refractivity contribution in [3.8, 4) is 22.6 Å². The summed E-state index contributed by atoms with van der Waals surface area (Å²) in [5.41, 5.74) is 4.24. The molecule has 2 aromatic carbocycles. The van der Waals surface area contributed by atoms with Gasteiger partial charge in [0.05, 0.1) is 29.9 Å². The summed E-state index contributed by atoms with van der Waals surface area (Å²) in [4.78, 5) is 25.0. The molecule has 0 aliphatic rings. The molecule has 0 radical (unpaired) electrons. The third-order valence-corrected chi connectivity index (χ3v) is 6.31. The van der Waals surface area contributed by atoms with Crippen LogP contribution in [0, 0.1) is 11.6 Å². The number of aromatic nitrogens is 2. The van der Waals surface area contributed by atoms with Gasteiger partial charge < -0.3 is 15.2 Å². The van der Waals surface area contributed by atoms with Gasteiger partial charge in [0.25, 0.3) is 0 Å². The molecule has 12 heteroatoms. The summed E-state index contributed by atoms with van der Waals surface area (Å²) in [6, 6.07) is 8.63. The van der Waals surface area contributed by atoms with E-state index in [0.717, 1.165) is 23.1 Å². The Kier molecular flexibility index (Phi) is 7.89. The van der Waals surface area contributed by atoms with E-state index in [9.17, 15) is 26.8 Å². The van der Waals surface area contributed by atoms with E-state index in [2.05, 4.69) is 5.10 Å². The smallest absolute Gasteiger partial charge is 0.320 e. The summed E-state index contributed by atoms with van der Waals surface area (Å²) in [5, 5.41) is 4.07. The number of hydrogen-bond acceptors (Lipinski definition) is 8. The number of halogens is 2. The molecule has 0 saturated heterocycles. The van der Waals surface area contributed by atoms with Crippen LogP contribution in [-0.4, -0.2) is 49.2 Å². The summed E-state index contributed by atoms with van der Waals surface area (Å²) >= 11 is 0. The van der Waals surface area contributed by atoms with E-state index in [-0.39, 0.29) is 41.5 Å². The largest absolute Gasteiger partial charge is 0.487 e. The Bertz CT molecular complexity index is 1440. The fourth-order valence-electron chi connectivity index (χ4n) is 3.27. The number of carbonyl (C=O) groups is 1. The Hall–Kier alpha value is -3.64. The highest BCUT2D eigenvalue weighted by Crippen LogP contribution is 2.28. The van der Waals surface area contributed by atoms with Crippen LogP contribution in [-0.2, 0) is 19.4 Å². The van der Waals surface area contributed by atoms with Crippen LogP contribution in [0.4, 0.5) is 8.78 Å². The normalized spacial score (nSPS) is 11.8. The second-order valence-corrected chi connectivity index (χ2v) is 10.6. The fraction of sp³-hybridized carbons (Fsp3) is 0.292. The SMILES string of the molecule is CC(C)(CCOc1c(-c2ccc(S(C)(=O)=O)cc2)cnn(-c2ccc(F)c(F)c2)c1=O)OC(=O)CN. The first-order valence-electron chi connectivity index (χ1n) is 10.8. The van der Waals surface area contributed by atoms with Crippen molar-refractivity contribution in [1.29, 1.82) is 0 Å². The van der Waals surface area contributed by atoms with Crippen LogP contribution >= 0.6 is 0 Å². The second kappa shape index (κ2) is 10.5. The van der Waals surface area contributed by atoms with Gasteiger partial charge in [0, 0.05) is 24.3 Å². The van der Waals surface area contributed by atoms with Crippen molar-refractivity contribution in [2.24, 2.45) is 5.73 Å². The molecule has 0 saturated carbocycles. The molecule has 1 heterocycles. The Morgan fingerprint density at radius 2 is 1.78 bits per heavy atom. The molecule has 0 amide bonds. The minimum absolute atomic E-state index is 0.0278. The molecule has 0 aliphatic carbocycles. The number of carbonyl (C=O) groups excluding carboxylic acids is 1. The number of sulfone groups is 1. The Morgan fingerprint density at radius 3 is 2.36 bits per heavy atom. The lowest BCUT2D eigenvalue weighted by molar-refractivity contribution is -0.155. The Labute approximate surface area is 206 Å². The molecule has 0 bridgehead atoms. The first-order chi connectivity index (χ1) is 16.8. The van der Waals surface area contributed by atoms with Crippen LogP contribution in [0.15, 0.2) is 58.4 Å². The predicted octanol–water partition coefficient (Wildman–Crippen LogP) is 2.63. The summed E-state index contributed by atoms with van der Waals surface area (Å²) in [6.07, 6.45) is 2.56. The van der Waals surface area contributed by atoms with Crippen LogP contribution in [0.2, 0.25) is 0 Å². The van der Waals surface area contributed by atoms with Crippen molar-refractivity contribution < 1.29 is 31.5 Å². The number of nitrogens with two attached hydrogens (primary N) is 1. The maximum absolute atomic E-state index is 13.8. The third kappa shape index (κ3) is 6.32. The second-order valence-electron chi connectivity index (χ2n) is 8.54. The van der Waals surface area contributed by atoms with Gasteiger partial charge in [0.15, 0.2) is 27.2 Å². The van der Waals surface area contributed by atoms with E-state index < -0.39 is 38.6 Å². The van der Waals surface area contributed by atoms with Crippen LogP contribution in [0.5, 0.6) is 5.75 Å². The molecule has 3 aromatic rings. The van der Waals surface area contributed by atoms with Crippen LogP contribution in [0.3, 0.4) is 0 Å². The minimum atomic E-state index is -3.44. The molecule has 0 unspecified atom stereocenters. The average Bonchev–Trinajstić information content (AvgIpc) is 2.81. The van der Waals surface area contributed by atoms with Gasteiger partial charge in [-0.25, -0.2) is 17.2 Å². The molecule has 9 nitrogen and oxygen atoms in total. The molecule has 1 aromatic heterocycles. The minimum Gasteiger partial charge on any atom is -0.487 e. The van der Waals surface area contributed by atoms with E-state index in [1.807, 2.05) is 0 Å². The molecule has 0 aliphatic heterocycles. The van der Waals surface area contributed by atoms with Gasteiger partial charge in [-0.3, -0.25) is 9.59 Å². The summed E-state index contributed by atoms with van der Waals surface area (Å²) in [7, 11) is -3.44. The van der Waals surface area contributed by atoms with Crippen molar-refractivity contribution in [3.05, 3.63) is 70.6 Å². The number of benzene rings is 2. The van der Waals surface area contributed by atoms with Crippen LogP contribution in [0.25, 0.3) is 16.8 Å². The molecule has 0 atom stereocenters. The lowest BCUT2D eigenvalue weighted by Gasteiger charge is -2.25. The van der Waals surface area contributed by atoms with Crippen molar-refractivity contribution >= 4 is 15.8 Å². The fourth-order valence-corrected chi connectivity index (χ4v) is 3.90.